The maximum atomic E-state index is 6.16. The zero-order chi connectivity index (χ0) is 14.7. The second-order valence-corrected chi connectivity index (χ2v) is 5.94. The van der Waals surface area contributed by atoms with Gasteiger partial charge in [0.1, 0.15) is 0 Å². The average molecular weight is 363 g/mol. The Balaban J connectivity index is 1.70. The molecular formula is C16H13BrClN3. The van der Waals surface area contributed by atoms with E-state index in [1.165, 1.54) is 5.56 Å². The number of imidazole rings is 1. The number of halogens is 2. The van der Waals surface area contributed by atoms with Crippen LogP contribution >= 0.6 is 27.5 Å². The number of rotatable bonds is 4. The smallest absolute Gasteiger partial charge is 0.0991 e. The van der Waals surface area contributed by atoms with Gasteiger partial charge in [-0.3, -0.25) is 0 Å². The van der Waals surface area contributed by atoms with E-state index in [4.69, 9.17) is 11.6 Å². The molecule has 3 aromatic rings. The number of hydrogen-bond donors (Lipinski definition) is 1. The normalized spacial score (nSPS) is 10.6. The average Bonchev–Trinajstić information content (AvgIpc) is 3.03. The number of benzene rings is 2. The minimum absolute atomic E-state index is 0.716. The summed E-state index contributed by atoms with van der Waals surface area (Å²) in [5.41, 5.74) is 3.20. The van der Waals surface area contributed by atoms with Crippen molar-refractivity contribution in [2.75, 3.05) is 5.32 Å². The fraction of sp³-hybridized carbons (Fsp3) is 0.0625. The molecule has 106 valence electrons. The molecule has 0 radical (unpaired) electrons. The van der Waals surface area contributed by atoms with Crippen molar-refractivity contribution in [3.05, 3.63) is 76.2 Å². The molecule has 0 fully saturated rings. The molecule has 1 heterocycles. The molecule has 1 N–H and O–H groups in total. The molecule has 0 aliphatic rings. The van der Waals surface area contributed by atoms with Gasteiger partial charge >= 0.3 is 0 Å². The monoisotopic (exact) mass is 361 g/mol. The molecule has 0 saturated carbocycles. The van der Waals surface area contributed by atoms with E-state index in [-0.39, 0.29) is 0 Å². The Labute approximate surface area is 136 Å². The van der Waals surface area contributed by atoms with E-state index < -0.39 is 0 Å². The standard InChI is InChI=1S/C16H13BrClN3/c17-13-3-6-15(18)16(9-13)20-10-12-1-4-14(5-2-12)21-8-7-19-11-21/h1-9,11,20H,10H2. The highest BCUT2D eigenvalue weighted by atomic mass is 79.9. The second kappa shape index (κ2) is 6.33. The van der Waals surface area contributed by atoms with Crippen LogP contribution in [0.2, 0.25) is 5.02 Å². The third-order valence-electron chi connectivity index (χ3n) is 3.15. The van der Waals surface area contributed by atoms with Gasteiger partial charge in [-0.2, -0.15) is 0 Å². The quantitative estimate of drug-likeness (QED) is 0.715. The van der Waals surface area contributed by atoms with E-state index in [0.717, 1.165) is 22.4 Å². The van der Waals surface area contributed by atoms with Crippen LogP contribution in [0.1, 0.15) is 5.56 Å². The van der Waals surface area contributed by atoms with Gasteiger partial charge in [-0.1, -0.05) is 39.7 Å². The third kappa shape index (κ3) is 3.46. The molecule has 3 nitrogen and oxygen atoms in total. The summed E-state index contributed by atoms with van der Waals surface area (Å²) in [6.07, 6.45) is 5.48. The van der Waals surface area contributed by atoms with Gasteiger partial charge in [-0.15, -0.1) is 0 Å². The number of nitrogens with one attached hydrogen (secondary N) is 1. The molecule has 2 aromatic carbocycles. The minimum atomic E-state index is 0.716. The summed E-state index contributed by atoms with van der Waals surface area (Å²) in [4.78, 5) is 4.05. The molecule has 0 amide bonds. The highest BCUT2D eigenvalue weighted by Crippen LogP contribution is 2.26. The summed E-state index contributed by atoms with van der Waals surface area (Å²) >= 11 is 9.61. The van der Waals surface area contributed by atoms with E-state index in [1.807, 2.05) is 29.0 Å². The first-order chi connectivity index (χ1) is 10.2. The highest BCUT2D eigenvalue weighted by Gasteiger charge is 2.01. The van der Waals surface area contributed by atoms with Crippen LogP contribution in [0, 0.1) is 0 Å². The van der Waals surface area contributed by atoms with E-state index in [2.05, 4.69) is 50.5 Å². The van der Waals surface area contributed by atoms with Gasteiger partial charge in [-0.25, -0.2) is 4.98 Å². The Kier molecular flexibility index (Phi) is 4.27. The van der Waals surface area contributed by atoms with Crippen molar-refractivity contribution < 1.29 is 0 Å². The van der Waals surface area contributed by atoms with Crippen molar-refractivity contribution >= 4 is 33.2 Å². The maximum Gasteiger partial charge on any atom is 0.0991 e. The van der Waals surface area contributed by atoms with Crippen molar-refractivity contribution in [2.24, 2.45) is 0 Å². The van der Waals surface area contributed by atoms with Gasteiger partial charge < -0.3 is 9.88 Å². The Morgan fingerprint density at radius 1 is 1.14 bits per heavy atom. The van der Waals surface area contributed by atoms with Gasteiger partial charge in [0.15, 0.2) is 0 Å². The summed E-state index contributed by atoms with van der Waals surface area (Å²) < 4.78 is 2.98. The van der Waals surface area contributed by atoms with Crippen molar-refractivity contribution in [1.29, 1.82) is 0 Å². The summed E-state index contributed by atoms with van der Waals surface area (Å²) in [5.74, 6) is 0. The fourth-order valence-electron chi connectivity index (χ4n) is 2.03. The molecule has 3 rings (SSSR count). The summed E-state index contributed by atoms with van der Waals surface area (Å²) in [6, 6.07) is 14.1. The van der Waals surface area contributed by atoms with E-state index in [9.17, 15) is 0 Å². The highest BCUT2D eigenvalue weighted by molar-refractivity contribution is 9.10. The Hall–Kier alpha value is -1.78. The van der Waals surface area contributed by atoms with Gasteiger partial charge in [0, 0.05) is 29.1 Å². The zero-order valence-electron chi connectivity index (χ0n) is 11.1. The van der Waals surface area contributed by atoms with Crippen LogP contribution in [0.15, 0.2) is 65.7 Å². The Bertz CT molecular complexity index is 724. The Morgan fingerprint density at radius 3 is 2.67 bits per heavy atom. The van der Waals surface area contributed by atoms with Crippen LogP contribution in [-0.4, -0.2) is 9.55 Å². The first-order valence-electron chi connectivity index (χ1n) is 6.48. The summed E-state index contributed by atoms with van der Waals surface area (Å²) in [7, 11) is 0. The lowest BCUT2D eigenvalue weighted by atomic mass is 10.2. The van der Waals surface area contributed by atoms with Crippen LogP contribution in [0.5, 0.6) is 0 Å². The molecule has 0 atom stereocenters. The van der Waals surface area contributed by atoms with Crippen LogP contribution in [0.4, 0.5) is 5.69 Å². The van der Waals surface area contributed by atoms with Crippen molar-refractivity contribution in [1.82, 2.24) is 9.55 Å². The van der Waals surface area contributed by atoms with Crippen LogP contribution in [0.25, 0.3) is 5.69 Å². The SMILES string of the molecule is Clc1ccc(Br)cc1NCc1ccc(-n2ccnc2)cc1. The lowest BCUT2D eigenvalue weighted by Gasteiger charge is -2.10. The second-order valence-electron chi connectivity index (χ2n) is 4.61. The molecule has 0 spiro atoms. The maximum absolute atomic E-state index is 6.16. The van der Waals surface area contributed by atoms with Crippen molar-refractivity contribution in [2.45, 2.75) is 6.54 Å². The van der Waals surface area contributed by atoms with E-state index in [1.54, 1.807) is 12.5 Å². The van der Waals surface area contributed by atoms with E-state index >= 15 is 0 Å². The first kappa shape index (κ1) is 14.2. The molecule has 0 aliphatic heterocycles. The lowest BCUT2D eigenvalue weighted by Crippen LogP contribution is -2.00. The third-order valence-corrected chi connectivity index (χ3v) is 3.97. The van der Waals surface area contributed by atoms with E-state index in [0.29, 0.717) is 5.02 Å². The van der Waals surface area contributed by atoms with Crippen LogP contribution < -0.4 is 5.32 Å². The molecule has 1 aromatic heterocycles. The Morgan fingerprint density at radius 2 is 1.95 bits per heavy atom. The molecule has 0 unspecified atom stereocenters. The number of anilines is 1. The van der Waals surface area contributed by atoms with Gasteiger partial charge in [-0.05, 0) is 35.9 Å². The van der Waals surface area contributed by atoms with Crippen LogP contribution in [-0.2, 0) is 6.54 Å². The number of nitrogens with zero attached hydrogens (tertiary/aromatic N) is 2. The van der Waals surface area contributed by atoms with Gasteiger partial charge in [0.05, 0.1) is 17.0 Å². The molecule has 0 bridgehead atoms. The number of hydrogen-bond acceptors (Lipinski definition) is 2. The molecule has 5 heteroatoms. The van der Waals surface area contributed by atoms with Gasteiger partial charge in [0.25, 0.3) is 0 Å². The van der Waals surface area contributed by atoms with Crippen molar-refractivity contribution in [3.63, 3.8) is 0 Å². The molecule has 21 heavy (non-hydrogen) atoms. The fourth-order valence-corrected chi connectivity index (χ4v) is 2.57. The van der Waals surface area contributed by atoms with Gasteiger partial charge in [0.2, 0.25) is 0 Å². The topological polar surface area (TPSA) is 29.9 Å². The summed E-state index contributed by atoms with van der Waals surface area (Å²) in [6.45, 7) is 0.723. The van der Waals surface area contributed by atoms with Crippen LogP contribution in [0.3, 0.4) is 0 Å². The number of aromatic nitrogens is 2. The lowest BCUT2D eigenvalue weighted by molar-refractivity contribution is 1.05. The largest absolute Gasteiger partial charge is 0.380 e. The zero-order valence-corrected chi connectivity index (χ0v) is 13.5. The molecule has 0 aliphatic carbocycles. The predicted octanol–water partition coefficient (Wildman–Crippen LogP) is 4.90. The molecule has 0 saturated heterocycles. The first-order valence-corrected chi connectivity index (χ1v) is 7.66. The molecular weight excluding hydrogens is 350 g/mol. The predicted molar refractivity (Wildman–Crippen MR) is 90.0 cm³/mol. The minimum Gasteiger partial charge on any atom is -0.380 e. The van der Waals surface area contributed by atoms with Crippen molar-refractivity contribution in [3.8, 4) is 5.69 Å². The summed E-state index contributed by atoms with van der Waals surface area (Å²) in [5, 5.41) is 4.06.